The van der Waals surface area contributed by atoms with Crippen molar-refractivity contribution in [3.63, 3.8) is 0 Å². The van der Waals surface area contributed by atoms with Crippen LogP contribution in [0.3, 0.4) is 0 Å². The number of carbonyl (C=O) groups excluding carboxylic acids is 1. The Labute approximate surface area is 184 Å². The number of thioether (sulfide) groups is 1. The minimum atomic E-state index is -0.361. The van der Waals surface area contributed by atoms with E-state index in [4.69, 9.17) is 4.74 Å². The average Bonchev–Trinajstić information content (AvgIpc) is 2.93. The Hall–Kier alpha value is -1.19. The number of esters is 1. The summed E-state index contributed by atoms with van der Waals surface area (Å²) in [4.78, 5) is 12.7. The number of aryl methyl sites for hydroxylation is 1. The lowest BCUT2D eigenvalue weighted by molar-refractivity contribution is 0.0527. The summed E-state index contributed by atoms with van der Waals surface area (Å²) in [6, 6.07) is 12.1. The summed E-state index contributed by atoms with van der Waals surface area (Å²) in [7, 11) is 1.95. The number of halogens is 2. The van der Waals surface area contributed by atoms with Crippen molar-refractivity contribution in [3.8, 4) is 5.75 Å². The average molecular weight is 560 g/mol. The van der Waals surface area contributed by atoms with Crippen molar-refractivity contribution in [2.75, 3.05) is 6.61 Å². The first-order valence-corrected chi connectivity index (χ1v) is 11.4. The van der Waals surface area contributed by atoms with Crippen molar-refractivity contribution in [3.05, 3.63) is 61.3 Å². The number of benzene rings is 2. The first-order valence-electron chi connectivity index (χ1n) is 8.42. The third kappa shape index (κ3) is 4.14. The first kappa shape index (κ1) is 20.5. The van der Waals surface area contributed by atoms with Crippen molar-refractivity contribution >= 4 is 67.2 Å². The van der Waals surface area contributed by atoms with Crippen molar-refractivity contribution < 1.29 is 14.6 Å². The van der Waals surface area contributed by atoms with E-state index in [1.54, 1.807) is 18.7 Å². The zero-order valence-corrected chi connectivity index (χ0v) is 19.5. The number of aromatic hydroxyl groups is 1. The molecular formula is C20H19BrINO3S. The molecule has 7 heteroatoms. The molecule has 0 amide bonds. The van der Waals surface area contributed by atoms with E-state index < -0.39 is 0 Å². The molecule has 3 aromatic rings. The second-order valence-corrected chi connectivity index (χ2v) is 8.94. The highest BCUT2D eigenvalue weighted by Gasteiger charge is 2.26. The minimum absolute atomic E-state index is 0.141. The van der Waals surface area contributed by atoms with E-state index in [1.165, 1.54) is 5.56 Å². The molecule has 0 aliphatic heterocycles. The van der Waals surface area contributed by atoms with Crippen molar-refractivity contribution in [2.45, 2.75) is 18.4 Å². The molecule has 0 atom stereocenters. The van der Waals surface area contributed by atoms with Crippen LogP contribution in [0.4, 0.5) is 0 Å². The second-order valence-electron chi connectivity index (χ2n) is 5.99. The fourth-order valence-corrected chi connectivity index (χ4v) is 5.60. The lowest BCUT2D eigenvalue weighted by atomic mass is 10.1. The Kier molecular flexibility index (Phi) is 6.75. The SMILES string of the molecule is CCOC(=O)c1c(CSCc2ccccc2)n(C)c2cc(I)c(O)c(Br)c12. The first-order chi connectivity index (χ1) is 13.0. The quantitative estimate of drug-likeness (QED) is 0.303. The number of ether oxygens (including phenoxy) is 1. The Morgan fingerprint density at radius 3 is 2.67 bits per heavy atom. The van der Waals surface area contributed by atoms with Gasteiger partial charge in [0.05, 0.1) is 25.7 Å². The largest absolute Gasteiger partial charge is 0.506 e. The highest BCUT2D eigenvalue weighted by Crippen LogP contribution is 2.41. The van der Waals surface area contributed by atoms with Crippen molar-refractivity contribution in [2.24, 2.45) is 7.05 Å². The number of fused-ring (bicyclic) bond motifs is 1. The molecule has 0 saturated carbocycles. The molecule has 4 nitrogen and oxygen atoms in total. The van der Waals surface area contributed by atoms with E-state index in [0.29, 0.717) is 27.8 Å². The van der Waals surface area contributed by atoms with Gasteiger partial charge in [-0.2, -0.15) is 11.8 Å². The molecular weight excluding hydrogens is 541 g/mol. The lowest BCUT2D eigenvalue weighted by Crippen LogP contribution is -2.08. The van der Waals surface area contributed by atoms with Crippen LogP contribution in [0.15, 0.2) is 40.9 Å². The van der Waals surface area contributed by atoms with Gasteiger partial charge in [0.1, 0.15) is 5.75 Å². The number of carbonyl (C=O) groups is 1. The van der Waals surface area contributed by atoms with Gasteiger partial charge in [-0.05, 0) is 57.1 Å². The molecule has 3 rings (SSSR count). The number of phenolic OH excluding ortho intramolecular Hbond substituents is 1. The fraction of sp³-hybridized carbons (Fsp3) is 0.250. The van der Waals surface area contributed by atoms with Crippen molar-refractivity contribution in [1.82, 2.24) is 4.57 Å². The standard InChI is InChI=1S/C20H19BrINO3S/c1-3-26-20(25)17-15(11-27-10-12-7-5-4-6-8-12)23(2)14-9-13(22)19(24)18(21)16(14)17/h4-9,24H,3,10-11H2,1-2H3. The Morgan fingerprint density at radius 2 is 2.00 bits per heavy atom. The van der Waals surface area contributed by atoms with Crippen LogP contribution in [-0.2, 0) is 23.3 Å². The molecule has 0 aliphatic carbocycles. The molecule has 1 heterocycles. The lowest BCUT2D eigenvalue weighted by Gasteiger charge is -2.08. The number of hydrogen-bond donors (Lipinski definition) is 1. The number of aromatic nitrogens is 1. The Bertz CT molecular complexity index is 988. The number of phenols is 1. The van der Waals surface area contributed by atoms with E-state index in [1.807, 2.05) is 35.9 Å². The molecule has 1 N–H and O–H groups in total. The predicted molar refractivity (Wildman–Crippen MR) is 122 cm³/mol. The van der Waals surface area contributed by atoms with Gasteiger partial charge in [-0.15, -0.1) is 0 Å². The van der Waals surface area contributed by atoms with Gasteiger partial charge in [0.25, 0.3) is 0 Å². The number of rotatable bonds is 6. The number of hydrogen-bond acceptors (Lipinski definition) is 4. The smallest absolute Gasteiger partial charge is 0.340 e. The highest BCUT2D eigenvalue weighted by molar-refractivity contribution is 14.1. The third-order valence-corrected chi connectivity index (χ3v) is 6.92. The molecule has 0 spiro atoms. The molecule has 0 unspecified atom stereocenters. The van der Waals surface area contributed by atoms with E-state index in [2.05, 4.69) is 50.7 Å². The Morgan fingerprint density at radius 1 is 1.30 bits per heavy atom. The van der Waals surface area contributed by atoms with Crippen LogP contribution in [0.2, 0.25) is 0 Å². The molecule has 142 valence electrons. The van der Waals surface area contributed by atoms with E-state index in [9.17, 15) is 9.90 Å². The zero-order chi connectivity index (χ0) is 19.6. The second kappa shape index (κ2) is 8.87. The van der Waals surface area contributed by atoms with Gasteiger partial charge in [-0.3, -0.25) is 0 Å². The van der Waals surface area contributed by atoms with Gasteiger partial charge in [-0.1, -0.05) is 30.3 Å². The Balaban J connectivity index is 2.04. The third-order valence-electron chi connectivity index (χ3n) is 4.31. The van der Waals surface area contributed by atoms with Crippen LogP contribution in [0, 0.1) is 3.57 Å². The fourth-order valence-electron chi connectivity index (χ4n) is 2.99. The molecule has 0 bridgehead atoms. The van der Waals surface area contributed by atoms with Crippen molar-refractivity contribution in [1.29, 1.82) is 0 Å². The molecule has 0 aliphatic rings. The van der Waals surface area contributed by atoms with Gasteiger partial charge in [-0.25, -0.2) is 4.79 Å². The maximum atomic E-state index is 12.7. The number of nitrogens with zero attached hydrogens (tertiary/aromatic N) is 1. The molecule has 2 aromatic carbocycles. The van der Waals surface area contributed by atoms with Crippen LogP contribution in [0.5, 0.6) is 5.75 Å². The summed E-state index contributed by atoms with van der Waals surface area (Å²) in [5.74, 6) is 1.30. The maximum Gasteiger partial charge on any atom is 0.340 e. The molecule has 0 radical (unpaired) electrons. The summed E-state index contributed by atoms with van der Waals surface area (Å²) in [6.07, 6.45) is 0. The van der Waals surface area contributed by atoms with Crippen LogP contribution in [0.25, 0.3) is 10.9 Å². The highest BCUT2D eigenvalue weighted by atomic mass is 127. The summed E-state index contributed by atoms with van der Waals surface area (Å²) in [6.45, 7) is 2.10. The zero-order valence-electron chi connectivity index (χ0n) is 15.0. The van der Waals surface area contributed by atoms with Crippen LogP contribution in [0.1, 0.15) is 28.5 Å². The minimum Gasteiger partial charge on any atom is -0.506 e. The topological polar surface area (TPSA) is 51.5 Å². The monoisotopic (exact) mass is 559 g/mol. The normalized spacial score (nSPS) is 11.1. The van der Waals surface area contributed by atoms with Crippen LogP contribution < -0.4 is 0 Å². The van der Waals surface area contributed by atoms with Gasteiger partial charge >= 0.3 is 5.97 Å². The van der Waals surface area contributed by atoms with Gasteiger partial charge in [0.15, 0.2) is 0 Å². The molecule has 27 heavy (non-hydrogen) atoms. The van der Waals surface area contributed by atoms with E-state index in [-0.39, 0.29) is 11.7 Å². The predicted octanol–water partition coefficient (Wildman–Crippen LogP) is 5.86. The van der Waals surface area contributed by atoms with Crippen LogP contribution in [-0.4, -0.2) is 22.2 Å². The van der Waals surface area contributed by atoms with Crippen LogP contribution >= 0.6 is 50.3 Å². The van der Waals surface area contributed by atoms with E-state index in [0.717, 1.165) is 20.5 Å². The summed E-state index contributed by atoms with van der Waals surface area (Å²) >= 11 is 7.31. The summed E-state index contributed by atoms with van der Waals surface area (Å²) in [5, 5.41) is 11.0. The molecule has 0 fully saturated rings. The molecule has 0 saturated heterocycles. The van der Waals surface area contributed by atoms with Gasteiger partial charge in [0, 0.05) is 29.6 Å². The maximum absolute atomic E-state index is 12.7. The van der Waals surface area contributed by atoms with Gasteiger partial charge < -0.3 is 14.4 Å². The summed E-state index contributed by atoms with van der Waals surface area (Å²) in [5.41, 5.74) is 3.55. The van der Waals surface area contributed by atoms with Gasteiger partial charge in [0.2, 0.25) is 0 Å². The summed E-state index contributed by atoms with van der Waals surface area (Å²) < 4.78 is 8.59. The van der Waals surface area contributed by atoms with E-state index >= 15 is 0 Å². The molecule has 1 aromatic heterocycles.